The number of anilines is 2. The normalized spacial score (nSPS) is 10.2. The van der Waals surface area contributed by atoms with Crippen LogP contribution < -0.4 is 24.8 Å². The number of carbonyl (C=O) groups is 1. The van der Waals surface area contributed by atoms with Crippen LogP contribution in [0.15, 0.2) is 48.1 Å². The van der Waals surface area contributed by atoms with Crippen LogP contribution >= 0.6 is 11.3 Å². The monoisotopic (exact) mass is 372 g/mol. The highest BCUT2D eigenvalue weighted by Crippen LogP contribution is 2.41. The summed E-state index contributed by atoms with van der Waals surface area (Å²) in [6.45, 7) is 0. The van der Waals surface area contributed by atoms with E-state index in [0.29, 0.717) is 28.1 Å². The molecule has 0 aliphatic heterocycles. The lowest BCUT2D eigenvalue weighted by Crippen LogP contribution is -2.31. The first-order valence-electron chi connectivity index (χ1n) is 7.48. The zero-order chi connectivity index (χ0) is 18.5. The van der Waals surface area contributed by atoms with Gasteiger partial charge in [0, 0.05) is 17.8 Å². The molecule has 1 aromatic carbocycles. The average molecular weight is 372 g/mol. The van der Waals surface area contributed by atoms with E-state index in [1.54, 1.807) is 48.1 Å². The molecule has 0 radical (unpaired) electrons. The van der Waals surface area contributed by atoms with Gasteiger partial charge in [0.15, 0.2) is 16.6 Å². The largest absolute Gasteiger partial charge is 0.493 e. The molecule has 0 aliphatic rings. The smallest absolute Gasteiger partial charge is 0.325 e. The number of urea groups is 1. The summed E-state index contributed by atoms with van der Waals surface area (Å²) in [7, 11) is 3.04. The number of rotatable bonds is 6. The Morgan fingerprint density at radius 2 is 1.88 bits per heavy atom. The van der Waals surface area contributed by atoms with E-state index < -0.39 is 6.03 Å². The number of thiazole rings is 1. The zero-order valence-corrected chi connectivity index (χ0v) is 14.9. The molecule has 0 unspecified atom stereocenters. The van der Waals surface area contributed by atoms with Crippen molar-refractivity contribution in [2.75, 3.05) is 19.1 Å². The second kappa shape index (κ2) is 7.70. The van der Waals surface area contributed by atoms with Crippen LogP contribution in [0.1, 0.15) is 0 Å². The minimum absolute atomic E-state index is 0.174. The Hall–Kier alpha value is -3.33. The summed E-state index contributed by atoms with van der Waals surface area (Å²) in [5.74, 6) is 1.48. The number of nitrogens with two attached hydrogens (primary N) is 1. The minimum Gasteiger partial charge on any atom is -0.493 e. The van der Waals surface area contributed by atoms with Gasteiger partial charge in [-0.2, -0.15) is 0 Å². The van der Waals surface area contributed by atoms with Gasteiger partial charge in [-0.15, -0.1) is 11.3 Å². The Bertz CT molecular complexity index is 902. The van der Waals surface area contributed by atoms with Gasteiger partial charge in [0.1, 0.15) is 5.69 Å². The van der Waals surface area contributed by atoms with Gasteiger partial charge in [-0.3, -0.25) is 0 Å². The molecule has 0 bridgehead atoms. The van der Waals surface area contributed by atoms with Crippen molar-refractivity contribution in [3.8, 4) is 23.1 Å². The van der Waals surface area contributed by atoms with Gasteiger partial charge in [0.2, 0.25) is 11.6 Å². The van der Waals surface area contributed by atoms with Crippen LogP contribution in [-0.4, -0.2) is 30.2 Å². The van der Waals surface area contributed by atoms with Crippen molar-refractivity contribution in [2.24, 2.45) is 5.73 Å². The highest BCUT2D eigenvalue weighted by atomic mass is 32.1. The average Bonchev–Trinajstić information content (AvgIpc) is 3.17. The maximum absolute atomic E-state index is 12.0. The quantitative estimate of drug-likeness (QED) is 0.710. The molecule has 2 N–H and O–H groups in total. The molecule has 0 atom stereocenters. The highest BCUT2D eigenvalue weighted by Gasteiger charge is 2.23. The Labute approximate surface area is 153 Å². The molecule has 0 aliphatic carbocycles. The molecule has 0 spiro atoms. The van der Waals surface area contributed by atoms with Crippen LogP contribution in [0.25, 0.3) is 0 Å². The molecule has 3 aromatic rings. The first kappa shape index (κ1) is 17.5. The number of methoxy groups -OCH3 is 2. The molecular formula is C17H16N4O4S. The number of hydrogen-bond acceptors (Lipinski definition) is 7. The number of aromatic nitrogens is 2. The number of ether oxygens (including phenoxy) is 3. The molecule has 134 valence electrons. The van der Waals surface area contributed by atoms with Crippen LogP contribution in [0.4, 0.5) is 15.6 Å². The fourth-order valence-electron chi connectivity index (χ4n) is 2.32. The molecule has 26 heavy (non-hydrogen) atoms. The number of hydrogen-bond donors (Lipinski definition) is 1. The van der Waals surface area contributed by atoms with Gasteiger partial charge in [0.05, 0.1) is 14.2 Å². The first-order chi connectivity index (χ1) is 12.7. The van der Waals surface area contributed by atoms with Crippen LogP contribution in [0.5, 0.6) is 23.1 Å². The van der Waals surface area contributed by atoms with Crippen LogP contribution in [0, 0.1) is 0 Å². The molecular weight excluding hydrogens is 356 g/mol. The van der Waals surface area contributed by atoms with E-state index >= 15 is 0 Å². The topological polar surface area (TPSA) is 99.8 Å². The van der Waals surface area contributed by atoms with E-state index in [-0.39, 0.29) is 5.88 Å². The summed E-state index contributed by atoms with van der Waals surface area (Å²) in [6.07, 6.45) is 3.13. The van der Waals surface area contributed by atoms with Gasteiger partial charge in [-0.05, 0) is 24.3 Å². The van der Waals surface area contributed by atoms with Crippen molar-refractivity contribution in [2.45, 2.75) is 0 Å². The summed E-state index contributed by atoms with van der Waals surface area (Å²) >= 11 is 1.27. The highest BCUT2D eigenvalue weighted by molar-refractivity contribution is 7.13. The zero-order valence-electron chi connectivity index (χ0n) is 14.1. The SMILES string of the molecule is COc1cccc(Oc2ncccc2N(C(N)=O)c2nccs2)c1OC. The molecule has 0 saturated heterocycles. The molecule has 0 fully saturated rings. The van der Waals surface area contributed by atoms with Gasteiger partial charge >= 0.3 is 6.03 Å². The van der Waals surface area contributed by atoms with Crippen LogP contribution in [0.2, 0.25) is 0 Å². The van der Waals surface area contributed by atoms with E-state index in [2.05, 4.69) is 9.97 Å². The third kappa shape index (κ3) is 3.38. The number of amides is 2. The second-order valence-corrected chi connectivity index (χ2v) is 5.78. The predicted octanol–water partition coefficient (Wildman–Crippen LogP) is 3.56. The Kier molecular flexibility index (Phi) is 5.18. The van der Waals surface area contributed by atoms with Gasteiger partial charge in [0.25, 0.3) is 0 Å². The van der Waals surface area contributed by atoms with Crippen molar-refractivity contribution in [1.29, 1.82) is 0 Å². The third-order valence-electron chi connectivity index (χ3n) is 3.40. The van der Waals surface area contributed by atoms with Crippen LogP contribution in [0.3, 0.4) is 0 Å². The lowest BCUT2D eigenvalue weighted by Gasteiger charge is -2.20. The van der Waals surface area contributed by atoms with Crippen molar-refractivity contribution in [3.63, 3.8) is 0 Å². The maximum Gasteiger partial charge on any atom is 0.325 e. The fraction of sp³-hybridized carbons (Fsp3) is 0.118. The van der Waals surface area contributed by atoms with Crippen molar-refractivity contribution >= 4 is 28.2 Å². The van der Waals surface area contributed by atoms with Gasteiger partial charge in [-0.25, -0.2) is 19.7 Å². The van der Waals surface area contributed by atoms with E-state index in [0.717, 1.165) is 0 Å². The van der Waals surface area contributed by atoms with E-state index in [9.17, 15) is 4.79 Å². The van der Waals surface area contributed by atoms with E-state index in [1.165, 1.54) is 30.5 Å². The summed E-state index contributed by atoms with van der Waals surface area (Å²) in [5, 5.41) is 2.15. The Morgan fingerprint density at radius 1 is 1.08 bits per heavy atom. The fourth-order valence-corrected chi connectivity index (χ4v) is 2.97. The first-order valence-corrected chi connectivity index (χ1v) is 8.36. The van der Waals surface area contributed by atoms with Gasteiger partial charge < -0.3 is 19.9 Å². The van der Waals surface area contributed by atoms with E-state index in [4.69, 9.17) is 19.9 Å². The molecule has 8 nitrogen and oxygen atoms in total. The molecule has 2 aromatic heterocycles. The molecule has 2 heterocycles. The lowest BCUT2D eigenvalue weighted by atomic mass is 10.3. The number of primary amides is 1. The summed E-state index contributed by atoms with van der Waals surface area (Å²) < 4.78 is 16.6. The Morgan fingerprint density at radius 3 is 2.54 bits per heavy atom. The summed E-state index contributed by atoms with van der Waals surface area (Å²) in [6, 6.07) is 7.85. The predicted molar refractivity (Wildman–Crippen MR) is 97.7 cm³/mol. The third-order valence-corrected chi connectivity index (χ3v) is 4.15. The summed E-state index contributed by atoms with van der Waals surface area (Å²) in [5.41, 5.74) is 5.91. The minimum atomic E-state index is -0.699. The molecule has 2 amide bonds. The molecule has 0 saturated carbocycles. The molecule has 3 rings (SSSR count). The number of pyridine rings is 1. The molecule has 9 heteroatoms. The van der Waals surface area contributed by atoms with Crippen molar-refractivity contribution in [3.05, 3.63) is 48.1 Å². The number of carbonyl (C=O) groups excluding carboxylic acids is 1. The van der Waals surface area contributed by atoms with Crippen LogP contribution in [-0.2, 0) is 0 Å². The number of nitrogens with zero attached hydrogens (tertiary/aromatic N) is 3. The van der Waals surface area contributed by atoms with Crippen molar-refractivity contribution < 1.29 is 19.0 Å². The second-order valence-electron chi connectivity index (χ2n) is 4.91. The standard InChI is InChI=1S/C17H16N4O4S/c1-23-12-6-3-7-13(14(12)24-2)25-15-11(5-4-8-19-15)21(16(18)22)17-20-9-10-26-17/h3-10H,1-2H3,(H2,18,22). The van der Waals surface area contributed by atoms with Crippen molar-refractivity contribution in [1.82, 2.24) is 9.97 Å². The summed E-state index contributed by atoms with van der Waals surface area (Å²) in [4.78, 5) is 21.6. The van der Waals surface area contributed by atoms with Gasteiger partial charge in [-0.1, -0.05) is 6.07 Å². The van der Waals surface area contributed by atoms with E-state index in [1.807, 2.05) is 0 Å². The maximum atomic E-state index is 12.0. The number of para-hydroxylation sites is 1. The lowest BCUT2D eigenvalue weighted by molar-refractivity contribution is 0.256. The Balaban J connectivity index is 2.05. The number of benzene rings is 1.